The molecule has 19 heavy (non-hydrogen) atoms. The van der Waals surface area contributed by atoms with Crippen LogP contribution in [0.5, 0.6) is 0 Å². The van der Waals surface area contributed by atoms with Crippen LogP contribution in [0.25, 0.3) is 0 Å². The maximum atomic E-state index is 4.68. The fourth-order valence-electron chi connectivity index (χ4n) is 2.76. The summed E-state index contributed by atoms with van der Waals surface area (Å²) in [5.41, 5.74) is 1.29. The average Bonchev–Trinajstić information content (AvgIpc) is 2.40. The molecule has 1 N–H and O–H groups in total. The van der Waals surface area contributed by atoms with Crippen LogP contribution in [0.1, 0.15) is 39.2 Å². The largest absolute Gasteiger partial charge is 0.353 e. The standard InChI is InChI=1S/C15H24BrN3/c1-4-17-9-13-8-14(16)10-18-15(13)19-7-5-6-11(2)12(19)3/h8,10-12,17H,4-7,9H2,1-3H3. The molecule has 0 aromatic carbocycles. The Morgan fingerprint density at radius 2 is 2.26 bits per heavy atom. The summed E-state index contributed by atoms with van der Waals surface area (Å²) in [4.78, 5) is 7.16. The molecule has 0 spiro atoms. The topological polar surface area (TPSA) is 28.2 Å². The second-order valence-corrected chi connectivity index (χ2v) is 6.39. The summed E-state index contributed by atoms with van der Waals surface area (Å²) in [5.74, 6) is 1.90. The lowest BCUT2D eigenvalue weighted by Crippen LogP contribution is -2.43. The summed E-state index contributed by atoms with van der Waals surface area (Å²) in [6.07, 6.45) is 4.51. The molecule has 0 saturated carbocycles. The fourth-order valence-corrected chi connectivity index (χ4v) is 3.14. The third-order valence-electron chi connectivity index (χ3n) is 4.12. The van der Waals surface area contributed by atoms with E-state index < -0.39 is 0 Å². The quantitative estimate of drug-likeness (QED) is 0.917. The lowest BCUT2D eigenvalue weighted by atomic mass is 9.92. The molecule has 2 atom stereocenters. The number of piperidine rings is 1. The first-order valence-electron chi connectivity index (χ1n) is 7.25. The van der Waals surface area contributed by atoms with Gasteiger partial charge >= 0.3 is 0 Å². The molecule has 106 valence electrons. The van der Waals surface area contributed by atoms with Gasteiger partial charge in [-0.05, 0) is 54.2 Å². The number of rotatable bonds is 4. The SMILES string of the molecule is CCNCc1cc(Br)cnc1N1CCCC(C)C1C. The molecule has 0 aliphatic carbocycles. The predicted octanol–water partition coefficient (Wildman–Crippen LogP) is 3.58. The number of pyridine rings is 1. The Kier molecular flexibility index (Phi) is 5.22. The third-order valence-corrected chi connectivity index (χ3v) is 4.55. The molecular weight excluding hydrogens is 302 g/mol. The Morgan fingerprint density at radius 3 is 3.00 bits per heavy atom. The minimum atomic E-state index is 0.572. The van der Waals surface area contributed by atoms with Crippen molar-refractivity contribution in [2.75, 3.05) is 18.0 Å². The van der Waals surface area contributed by atoms with E-state index in [1.807, 2.05) is 6.20 Å². The van der Waals surface area contributed by atoms with E-state index in [0.29, 0.717) is 6.04 Å². The number of anilines is 1. The first-order valence-corrected chi connectivity index (χ1v) is 8.04. The number of halogens is 1. The van der Waals surface area contributed by atoms with Crippen molar-refractivity contribution in [3.05, 3.63) is 22.3 Å². The molecule has 1 fully saturated rings. The van der Waals surface area contributed by atoms with Gasteiger partial charge in [0, 0.05) is 35.4 Å². The Labute approximate surface area is 124 Å². The summed E-state index contributed by atoms with van der Waals surface area (Å²) in [6.45, 7) is 9.80. The van der Waals surface area contributed by atoms with Gasteiger partial charge < -0.3 is 10.2 Å². The van der Waals surface area contributed by atoms with E-state index in [4.69, 9.17) is 0 Å². The second kappa shape index (κ2) is 6.71. The van der Waals surface area contributed by atoms with Crippen LogP contribution in [0.3, 0.4) is 0 Å². The van der Waals surface area contributed by atoms with Gasteiger partial charge in [0.2, 0.25) is 0 Å². The van der Waals surface area contributed by atoms with Crippen molar-refractivity contribution < 1.29 is 0 Å². The van der Waals surface area contributed by atoms with Crippen molar-refractivity contribution >= 4 is 21.7 Å². The summed E-state index contributed by atoms with van der Waals surface area (Å²) in [6, 6.07) is 2.76. The second-order valence-electron chi connectivity index (χ2n) is 5.47. The van der Waals surface area contributed by atoms with Crippen LogP contribution in [0, 0.1) is 5.92 Å². The van der Waals surface area contributed by atoms with Gasteiger partial charge in [0.05, 0.1) is 0 Å². The van der Waals surface area contributed by atoms with Crippen molar-refractivity contribution in [3.63, 3.8) is 0 Å². The van der Waals surface area contributed by atoms with Crippen molar-refractivity contribution in [1.29, 1.82) is 0 Å². The molecule has 2 heterocycles. The smallest absolute Gasteiger partial charge is 0.133 e. The van der Waals surface area contributed by atoms with Crippen molar-refractivity contribution in [3.8, 4) is 0 Å². The molecule has 0 radical (unpaired) electrons. The highest BCUT2D eigenvalue weighted by Gasteiger charge is 2.27. The van der Waals surface area contributed by atoms with Crippen LogP contribution in [0.4, 0.5) is 5.82 Å². The summed E-state index contributed by atoms with van der Waals surface area (Å²) >= 11 is 3.53. The molecule has 2 rings (SSSR count). The van der Waals surface area contributed by atoms with Gasteiger partial charge in [-0.3, -0.25) is 0 Å². The minimum Gasteiger partial charge on any atom is -0.353 e. The van der Waals surface area contributed by atoms with Gasteiger partial charge in [-0.15, -0.1) is 0 Å². The molecule has 0 amide bonds. The Hall–Kier alpha value is -0.610. The van der Waals surface area contributed by atoms with Crippen LogP contribution in [-0.4, -0.2) is 24.1 Å². The van der Waals surface area contributed by atoms with Crippen LogP contribution >= 0.6 is 15.9 Å². The third kappa shape index (κ3) is 3.48. The maximum absolute atomic E-state index is 4.68. The lowest BCUT2D eigenvalue weighted by Gasteiger charge is -2.39. The zero-order valence-electron chi connectivity index (χ0n) is 12.1. The van der Waals surface area contributed by atoms with E-state index >= 15 is 0 Å². The van der Waals surface area contributed by atoms with E-state index in [2.05, 4.69) is 58.0 Å². The highest BCUT2D eigenvalue weighted by atomic mass is 79.9. The van der Waals surface area contributed by atoms with E-state index in [9.17, 15) is 0 Å². The van der Waals surface area contributed by atoms with Crippen LogP contribution < -0.4 is 10.2 Å². The summed E-state index contributed by atoms with van der Waals surface area (Å²) in [5, 5.41) is 3.41. The molecular formula is C15H24BrN3. The monoisotopic (exact) mass is 325 g/mol. The van der Waals surface area contributed by atoms with E-state index in [-0.39, 0.29) is 0 Å². The molecule has 1 aromatic rings. The Morgan fingerprint density at radius 1 is 1.47 bits per heavy atom. The predicted molar refractivity (Wildman–Crippen MR) is 84.5 cm³/mol. The normalized spacial score (nSPS) is 23.7. The lowest BCUT2D eigenvalue weighted by molar-refractivity contribution is 0.361. The highest BCUT2D eigenvalue weighted by Crippen LogP contribution is 2.30. The molecule has 1 aliphatic rings. The number of nitrogens with one attached hydrogen (secondary N) is 1. The van der Waals surface area contributed by atoms with Gasteiger partial charge in [0.1, 0.15) is 5.82 Å². The molecule has 1 saturated heterocycles. The maximum Gasteiger partial charge on any atom is 0.133 e. The minimum absolute atomic E-state index is 0.572. The summed E-state index contributed by atoms with van der Waals surface area (Å²) < 4.78 is 1.06. The van der Waals surface area contributed by atoms with Gasteiger partial charge in [-0.2, -0.15) is 0 Å². The van der Waals surface area contributed by atoms with Crippen molar-refractivity contribution in [1.82, 2.24) is 10.3 Å². The number of hydrogen-bond acceptors (Lipinski definition) is 3. The fraction of sp³-hybridized carbons (Fsp3) is 0.667. The van der Waals surface area contributed by atoms with Crippen LogP contribution in [-0.2, 0) is 6.54 Å². The number of hydrogen-bond donors (Lipinski definition) is 1. The van der Waals surface area contributed by atoms with Gasteiger partial charge in [0.15, 0.2) is 0 Å². The van der Waals surface area contributed by atoms with Gasteiger partial charge in [-0.25, -0.2) is 4.98 Å². The van der Waals surface area contributed by atoms with Gasteiger partial charge in [-0.1, -0.05) is 13.8 Å². The molecule has 0 bridgehead atoms. The van der Waals surface area contributed by atoms with E-state index in [0.717, 1.165) is 35.8 Å². The van der Waals surface area contributed by atoms with Crippen molar-refractivity contribution in [2.45, 2.75) is 46.2 Å². The van der Waals surface area contributed by atoms with E-state index in [1.165, 1.54) is 18.4 Å². The van der Waals surface area contributed by atoms with Crippen LogP contribution in [0.2, 0.25) is 0 Å². The molecule has 2 unspecified atom stereocenters. The zero-order valence-corrected chi connectivity index (χ0v) is 13.7. The Balaban J connectivity index is 2.26. The molecule has 1 aromatic heterocycles. The van der Waals surface area contributed by atoms with E-state index in [1.54, 1.807) is 0 Å². The molecule has 3 nitrogen and oxygen atoms in total. The molecule has 4 heteroatoms. The van der Waals surface area contributed by atoms with Gasteiger partial charge in [0.25, 0.3) is 0 Å². The molecule has 1 aliphatic heterocycles. The number of nitrogens with zero attached hydrogens (tertiary/aromatic N) is 2. The first kappa shape index (κ1) is 14.8. The van der Waals surface area contributed by atoms with Crippen LogP contribution in [0.15, 0.2) is 16.7 Å². The highest BCUT2D eigenvalue weighted by molar-refractivity contribution is 9.10. The zero-order chi connectivity index (χ0) is 13.8. The average molecular weight is 326 g/mol. The number of aromatic nitrogens is 1. The van der Waals surface area contributed by atoms with Crippen molar-refractivity contribution in [2.24, 2.45) is 5.92 Å². The first-order chi connectivity index (χ1) is 9.13. The summed E-state index contributed by atoms with van der Waals surface area (Å²) in [7, 11) is 0. The Bertz CT molecular complexity index is 422.